The van der Waals surface area contributed by atoms with Crippen LogP contribution in [0.25, 0.3) is 10.2 Å². The molecule has 0 bridgehead atoms. The number of carboxylic acids is 1. The Morgan fingerprint density at radius 3 is 2.88 bits per heavy atom. The number of anilines is 1. The average Bonchev–Trinajstić information content (AvgIpc) is 3.12. The zero-order chi connectivity index (χ0) is 16.9. The molecule has 2 aromatic heterocycles. The van der Waals surface area contributed by atoms with E-state index in [1.165, 1.54) is 0 Å². The van der Waals surface area contributed by atoms with Crippen molar-refractivity contribution in [3.8, 4) is 0 Å². The third kappa shape index (κ3) is 2.32. The Labute approximate surface area is 142 Å². The van der Waals surface area contributed by atoms with Crippen LogP contribution in [0, 0.1) is 12.8 Å². The van der Waals surface area contributed by atoms with E-state index in [1.54, 1.807) is 11.3 Å². The fourth-order valence-electron chi connectivity index (χ4n) is 3.90. The molecule has 0 aromatic carbocycles. The largest absolute Gasteiger partial charge is 0.481 e. The van der Waals surface area contributed by atoms with Crippen LogP contribution in [0.5, 0.6) is 0 Å². The number of aryl methyl sites for hydroxylation is 1. The van der Waals surface area contributed by atoms with Gasteiger partial charge in [0.2, 0.25) is 5.91 Å². The molecule has 0 saturated carbocycles. The summed E-state index contributed by atoms with van der Waals surface area (Å²) < 4.78 is 0. The topological polar surface area (TPSA) is 95.4 Å². The van der Waals surface area contributed by atoms with Gasteiger partial charge < -0.3 is 15.3 Å². The lowest BCUT2D eigenvalue weighted by molar-refractivity contribution is -0.144. The number of hydrogen-bond donors (Lipinski definition) is 2. The second-order valence-corrected chi connectivity index (χ2v) is 7.41. The van der Waals surface area contributed by atoms with Crippen molar-refractivity contribution in [2.45, 2.75) is 31.7 Å². The molecule has 0 aliphatic carbocycles. The van der Waals surface area contributed by atoms with Crippen molar-refractivity contribution in [1.82, 2.24) is 15.3 Å². The second kappa shape index (κ2) is 5.41. The fraction of sp³-hybridized carbons (Fsp3) is 0.500. The maximum Gasteiger partial charge on any atom is 0.309 e. The van der Waals surface area contributed by atoms with Gasteiger partial charge in [-0.3, -0.25) is 9.59 Å². The Bertz CT molecular complexity index is 826. The number of hydrogen-bond acceptors (Lipinski definition) is 6. The number of thiophene rings is 1. The summed E-state index contributed by atoms with van der Waals surface area (Å²) in [6.07, 6.45) is 1.31. The maximum atomic E-state index is 11.8. The zero-order valence-electron chi connectivity index (χ0n) is 13.3. The maximum absolute atomic E-state index is 11.8. The number of nitrogens with zero attached hydrogens (tertiary/aromatic N) is 3. The van der Waals surface area contributed by atoms with E-state index in [4.69, 9.17) is 0 Å². The van der Waals surface area contributed by atoms with Gasteiger partial charge in [0.05, 0.1) is 16.8 Å². The van der Waals surface area contributed by atoms with Gasteiger partial charge in [-0.1, -0.05) is 0 Å². The molecule has 1 spiro atoms. The van der Waals surface area contributed by atoms with Crippen molar-refractivity contribution in [1.29, 1.82) is 0 Å². The Hall–Kier alpha value is -2.22. The summed E-state index contributed by atoms with van der Waals surface area (Å²) >= 11 is 1.59. The van der Waals surface area contributed by atoms with Crippen molar-refractivity contribution in [2.75, 3.05) is 18.0 Å². The van der Waals surface area contributed by atoms with Gasteiger partial charge in [0.1, 0.15) is 16.5 Å². The molecule has 4 heterocycles. The van der Waals surface area contributed by atoms with Gasteiger partial charge >= 0.3 is 5.97 Å². The first-order valence-electron chi connectivity index (χ1n) is 7.99. The molecule has 24 heavy (non-hydrogen) atoms. The summed E-state index contributed by atoms with van der Waals surface area (Å²) in [7, 11) is 0. The van der Waals surface area contributed by atoms with Crippen LogP contribution < -0.4 is 10.2 Å². The SMILES string of the molecule is Cc1nc(N2CCC3(CC2)NC(=O)C[C@H]3C(=O)O)c2ccsc2n1. The van der Waals surface area contributed by atoms with Gasteiger partial charge in [-0.2, -0.15) is 0 Å². The van der Waals surface area contributed by atoms with E-state index in [0.717, 1.165) is 21.9 Å². The number of nitrogens with one attached hydrogen (secondary N) is 1. The number of carboxylic acid groups (broad SMARTS) is 1. The highest BCUT2D eigenvalue weighted by atomic mass is 32.1. The lowest BCUT2D eigenvalue weighted by Gasteiger charge is -2.42. The number of aliphatic carboxylic acids is 1. The third-order valence-electron chi connectivity index (χ3n) is 5.11. The quantitative estimate of drug-likeness (QED) is 0.857. The lowest BCUT2D eigenvalue weighted by Crippen LogP contribution is -2.55. The zero-order valence-corrected chi connectivity index (χ0v) is 14.1. The van der Waals surface area contributed by atoms with Crippen LogP contribution in [0.15, 0.2) is 11.4 Å². The molecule has 1 amide bonds. The highest BCUT2D eigenvalue weighted by molar-refractivity contribution is 7.16. The molecule has 2 N–H and O–H groups in total. The van der Waals surface area contributed by atoms with E-state index in [1.807, 2.05) is 18.4 Å². The standard InChI is InChI=1S/C16H18N4O3S/c1-9-17-13(10-2-7-24-14(10)18-9)20-5-3-16(4-6-20)11(15(22)23)8-12(21)19-16/h2,7,11H,3-6,8H2,1H3,(H,19,21)(H,22,23)/t11-/m0/s1. The monoisotopic (exact) mass is 346 g/mol. The van der Waals surface area contributed by atoms with E-state index in [2.05, 4.69) is 20.2 Å². The predicted octanol–water partition coefficient (Wildman–Crippen LogP) is 1.56. The Balaban J connectivity index is 1.61. The van der Waals surface area contributed by atoms with E-state index in [-0.39, 0.29) is 12.3 Å². The first kappa shape index (κ1) is 15.3. The van der Waals surface area contributed by atoms with Crippen LogP contribution in [0.4, 0.5) is 5.82 Å². The van der Waals surface area contributed by atoms with Crippen molar-refractivity contribution in [2.24, 2.45) is 5.92 Å². The van der Waals surface area contributed by atoms with E-state index >= 15 is 0 Å². The molecule has 2 aromatic rings. The van der Waals surface area contributed by atoms with Crippen LogP contribution in [0.1, 0.15) is 25.1 Å². The van der Waals surface area contributed by atoms with Crippen molar-refractivity contribution >= 4 is 39.2 Å². The fourth-order valence-corrected chi connectivity index (χ4v) is 4.70. The molecule has 1 atom stereocenters. The normalized spacial score (nSPS) is 23.0. The summed E-state index contributed by atoms with van der Waals surface area (Å²) in [5, 5.41) is 15.4. The van der Waals surface area contributed by atoms with E-state index < -0.39 is 17.4 Å². The lowest BCUT2D eigenvalue weighted by atomic mass is 9.77. The molecule has 2 saturated heterocycles. The first-order chi connectivity index (χ1) is 11.5. The number of aromatic nitrogens is 2. The summed E-state index contributed by atoms with van der Waals surface area (Å²) in [4.78, 5) is 35.5. The summed E-state index contributed by atoms with van der Waals surface area (Å²) in [5.41, 5.74) is -0.616. The number of amides is 1. The first-order valence-corrected chi connectivity index (χ1v) is 8.87. The summed E-state index contributed by atoms with van der Waals surface area (Å²) in [6, 6.07) is 2.02. The van der Waals surface area contributed by atoms with Crippen LogP contribution >= 0.6 is 11.3 Å². The van der Waals surface area contributed by atoms with Crippen LogP contribution in [0.3, 0.4) is 0 Å². The van der Waals surface area contributed by atoms with Crippen LogP contribution in [0.2, 0.25) is 0 Å². The molecule has 2 aliphatic rings. The van der Waals surface area contributed by atoms with Crippen LogP contribution in [-0.2, 0) is 9.59 Å². The number of fused-ring (bicyclic) bond motifs is 1. The molecule has 8 heteroatoms. The second-order valence-electron chi connectivity index (χ2n) is 6.52. The van der Waals surface area contributed by atoms with Crippen molar-refractivity contribution in [3.63, 3.8) is 0 Å². The van der Waals surface area contributed by atoms with Crippen molar-refractivity contribution in [3.05, 3.63) is 17.3 Å². The van der Waals surface area contributed by atoms with E-state index in [0.29, 0.717) is 25.9 Å². The van der Waals surface area contributed by atoms with Crippen molar-refractivity contribution < 1.29 is 14.7 Å². The van der Waals surface area contributed by atoms with Gasteiger partial charge in [-0.25, -0.2) is 9.97 Å². The smallest absolute Gasteiger partial charge is 0.309 e. The minimum Gasteiger partial charge on any atom is -0.481 e. The molecule has 126 valence electrons. The van der Waals surface area contributed by atoms with E-state index in [9.17, 15) is 14.7 Å². The summed E-state index contributed by atoms with van der Waals surface area (Å²) in [6.45, 7) is 3.22. The average molecular weight is 346 g/mol. The Kier molecular flexibility index (Phi) is 3.45. The minimum absolute atomic E-state index is 0.0801. The van der Waals surface area contributed by atoms with Crippen LogP contribution in [-0.4, -0.2) is 45.6 Å². The molecular formula is C16H18N4O3S. The van der Waals surface area contributed by atoms with Gasteiger partial charge in [0.25, 0.3) is 0 Å². The van der Waals surface area contributed by atoms with Gasteiger partial charge in [-0.15, -0.1) is 11.3 Å². The van der Waals surface area contributed by atoms with Gasteiger partial charge in [0.15, 0.2) is 0 Å². The number of piperidine rings is 1. The molecule has 2 fully saturated rings. The Morgan fingerprint density at radius 1 is 1.42 bits per heavy atom. The highest BCUT2D eigenvalue weighted by Gasteiger charge is 2.51. The summed E-state index contributed by atoms with van der Waals surface area (Å²) in [5.74, 6) is -0.0445. The number of carbonyl (C=O) groups excluding carboxylic acids is 1. The third-order valence-corrected chi connectivity index (χ3v) is 5.92. The van der Waals surface area contributed by atoms with Gasteiger partial charge in [0, 0.05) is 19.5 Å². The number of rotatable bonds is 2. The minimum atomic E-state index is -0.889. The predicted molar refractivity (Wildman–Crippen MR) is 90.2 cm³/mol. The Morgan fingerprint density at radius 2 is 2.17 bits per heavy atom. The molecule has 4 rings (SSSR count). The molecule has 0 unspecified atom stereocenters. The molecule has 0 radical (unpaired) electrons. The molecule has 7 nitrogen and oxygen atoms in total. The molecular weight excluding hydrogens is 328 g/mol. The van der Waals surface area contributed by atoms with Gasteiger partial charge in [-0.05, 0) is 31.2 Å². The molecule has 2 aliphatic heterocycles. The number of carbonyl (C=O) groups is 2. The highest BCUT2D eigenvalue weighted by Crippen LogP contribution is 2.39.